The Bertz CT molecular complexity index is 807. The lowest BCUT2D eigenvalue weighted by molar-refractivity contribution is 0.00378. The first kappa shape index (κ1) is 17.0. The van der Waals surface area contributed by atoms with Crippen LogP contribution < -0.4 is 9.46 Å². The van der Waals surface area contributed by atoms with Gasteiger partial charge in [-0.2, -0.15) is 0 Å². The second kappa shape index (κ2) is 6.55. The van der Waals surface area contributed by atoms with Gasteiger partial charge in [-0.15, -0.1) is 0 Å². The Morgan fingerprint density at radius 2 is 1.71 bits per heavy atom. The van der Waals surface area contributed by atoms with Crippen molar-refractivity contribution in [2.24, 2.45) is 0 Å². The average Bonchev–Trinajstić information content (AvgIpc) is 2.99. The van der Waals surface area contributed by atoms with E-state index in [4.69, 9.17) is 9.47 Å². The Balaban J connectivity index is 1.76. The molecule has 0 saturated heterocycles. The molecule has 1 aliphatic carbocycles. The molecule has 128 valence electrons. The lowest BCUT2D eigenvalue weighted by atomic mass is 10.0. The van der Waals surface area contributed by atoms with Gasteiger partial charge in [0.05, 0.1) is 17.6 Å². The molecule has 2 aromatic rings. The summed E-state index contributed by atoms with van der Waals surface area (Å²) in [7, 11) is -0.486. The summed E-state index contributed by atoms with van der Waals surface area (Å²) in [6, 6.07) is 14.5. The summed E-state index contributed by atoms with van der Waals surface area (Å²) in [5, 5.41) is 0. The molecular weight excluding hydrogens is 326 g/mol. The highest BCUT2D eigenvalue weighted by Crippen LogP contribution is 2.32. The molecule has 0 bridgehead atoms. The van der Waals surface area contributed by atoms with Crippen LogP contribution in [0, 0.1) is 0 Å². The maximum Gasteiger partial charge on any atom is 0.240 e. The van der Waals surface area contributed by atoms with Crippen LogP contribution in [0.4, 0.5) is 0 Å². The molecule has 0 amide bonds. The number of ether oxygens (including phenoxy) is 2. The zero-order valence-electron chi connectivity index (χ0n) is 13.8. The Kier molecular flexibility index (Phi) is 4.62. The molecule has 0 atom stereocenters. The van der Waals surface area contributed by atoms with E-state index >= 15 is 0 Å². The van der Waals surface area contributed by atoms with Crippen molar-refractivity contribution in [2.45, 2.75) is 23.3 Å². The molecule has 5 nitrogen and oxygen atoms in total. The van der Waals surface area contributed by atoms with E-state index in [-0.39, 0.29) is 11.4 Å². The number of fused-ring (bicyclic) bond motifs is 1. The molecule has 0 heterocycles. The normalized spacial score (nSPS) is 15.9. The third-order valence-electron chi connectivity index (χ3n) is 4.51. The van der Waals surface area contributed by atoms with E-state index in [0.717, 1.165) is 0 Å². The van der Waals surface area contributed by atoms with Gasteiger partial charge in [-0.3, -0.25) is 0 Å². The first-order chi connectivity index (χ1) is 11.5. The number of methoxy groups -OCH3 is 2. The van der Waals surface area contributed by atoms with Gasteiger partial charge >= 0.3 is 0 Å². The minimum Gasteiger partial charge on any atom is -0.497 e. The van der Waals surface area contributed by atoms with Crippen LogP contribution in [0.1, 0.15) is 11.1 Å². The standard InChI is InChI=1S/C18H21NO4S/c1-22-16-8-5-9-17(10-16)24(20,21)19-13-18(23-2)11-14-6-3-4-7-15(14)12-18/h3-10,19H,11-13H2,1-2H3. The minimum absolute atomic E-state index is 0.184. The van der Waals surface area contributed by atoms with E-state index < -0.39 is 15.6 Å². The van der Waals surface area contributed by atoms with Crippen molar-refractivity contribution in [3.63, 3.8) is 0 Å². The molecule has 24 heavy (non-hydrogen) atoms. The van der Waals surface area contributed by atoms with Crippen LogP contribution in [-0.2, 0) is 27.6 Å². The zero-order valence-corrected chi connectivity index (χ0v) is 14.6. The Morgan fingerprint density at radius 1 is 1.04 bits per heavy atom. The fourth-order valence-electron chi connectivity index (χ4n) is 3.08. The fourth-order valence-corrected chi connectivity index (χ4v) is 4.23. The van der Waals surface area contributed by atoms with Crippen molar-refractivity contribution in [1.29, 1.82) is 0 Å². The summed E-state index contributed by atoms with van der Waals surface area (Å²) in [5.74, 6) is 0.507. The largest absolute Gasteiger partial charge is 0.497 e. The van der Waals surface area contributed by atoms with Crippen molar-refractivity contribution in [3.8, 4) is 5.75 Å². The van der Waals surface area contributed by atoms with Crippen LogP contribution in [-0.4, -0.2) is 34.8 Å². The topological polar surface area (TPSA) is 64.6 Å². The fraction of sp³-hybridized carbons (Fsp3) is 0.333. The number of rotatable bonds is 6. The molecule has 3 rings (SSSR count). The van der Waals surface area contributed by atoms with Crippen molar-refractivity contribution in [2.75, 3.05) is 20.8 Å². The molecular formula is C18H21NO4S. The molecule has 0 saturated carbocycles. The van der Waals surface area contributed by atoms with E-state index in [2.05, 4.69) is 16.9 Å². The van der Waals surface area contributed by atoms with Crippen molar-refractivity contribution < 1.29 is 17.9 Å². The predicted molar refractivity (Wildman–Crippen MR) is 91.8 cm³/mol. The van der Waals surface area contributed by atoms with Crippen LogP contribution in [0.15, 0.2) is 53.4 Å². The summed E-state index contributed by atoms with van der Waals surface area (Å²) in [6.45, 7) is 0.220. The Morgan fingerprint density at radius 3 is 2.29 bits per heavy atom. The smallest absolute Gasteiger partial charge is 0.240 e. The van der Waals surface area contributed by atoms with Gasteiger partial charge in [-0.05, 0) is 23.3 Å². The molecule has 0 aromatic heterocycles. The molecule has 0 aliphatic heterocycles. The van der Waals surface area contributed by atoms with E-state index in [1.54, 1.807) is 25.3 Å². The summed E-state index contributed by atoms with van der Waals surface area (Å²) < 4.78 is 38.6. The van der Waals surface area contributed by atoms with Crippen LogP contribution >= 0.6 is 0 Å². The summed E-state index contributed by atoms with van der Waals surface area (Å²) in [4.78, 5) is 0.184. The first-order valence-corrected chi connectivity index (χ1v) is 9.22. The number of hydrogen-bond donors (Lipinski definition) is 1. The minimum atomic E-state index is -3.63. The number of hydrogen-bond acceptors (Lipinski definition) is 4. The van der Waals surface area contributed by atoms with E-state index in [0.29, 0.717) is 18.6 Å². The lowest BCUT2D eigenvalue weighted by Crippen LogP contribution is -2.45. The third-order valence-corrected chi connectivity index (χ3v) is 5.91. The number of sulfonamides is 1. The highest BCUT2D eigenvalue weighted by atomic mass is 32.2. The summed E-state index contributed by atoms with van der Waals surface area (Å²) >= 11 is 0. The second-order valence-corrected chi connectivity index (χ2v) is 7.78. The monoisotopic (exact) mass is 347 g/mol. The molecule has 0 unspecified atom stereocenters. The highest BCUT2D eigenvalue weighted by Gasteiger charge is 2.38. The molecule has 0 spiro atoms. The summed E-state index contributed by atoms with van der Waals surface area (Å²) in [5.41, 5.74) is 1.87. The first-order valence-electron chi connectivity index (χ1n) is 7.74. The van der Waals surface area contributed by atoms with Crippen LogP contribution in [0.2, 0.25) is 0 Å². The lowest BCUT2D eigenvalue weighted by Gasteiger charge is -2.27. The van der Waals surface area contributed by atoms with E-state index in [1.807, 2.05) is 12.1 Å². The van der Waals surface area contributed by atoms with Gasteiger partial charge in [0.1, 0.15) is 5.75 Å². The van der Waals surface area contributed by atoms with Gasteiger partial charge in [-0.25, -0.2) is 13.1 Å². The SMILES string of the molecule is COc1cccc(S(=O)(=O)NCC2(OC)Cc3ccccc3C2)c1. The number of nitrogens with one attached hydrogen (secondary N) is 1. The highest BCUT2D eigenvalue weighted by molar-refractivity contribution is 7.89. The zero-order chi connectivity index (χ0) is 17.2. The summed E-state index contributed by atoms with van der Waals surface area (Å²) in [6.07, 6.45) is 1.39. The predicted octanol–water partition coefficient (Wildman–Crippen LogP) is 2.16. The molecule has 1 aliphatic rings. The quantitative estimate of drug-likeness (QED) is 0.870. The molecule has 0 radical (unpaired) electrons. The van der Waals surface area contributed by atoms with Gasteiger partial charge in [0, 0.05) is 32.6 Å². The van der Waals surface area contributed by atoms with E-state index in [1.165, 1.54) is 24.3 Å². The second-order valence-electron chi connectivity index (χ2n) is 6.01. The van der Waals surface area contributed by atoms with Crippen molar-refractivity contribution in [1.82, 2.24) is 4.72 Å². The van der Waals surface area contributed by atoms with Gasteiger partial charge in [0.2, 0.25) is 10.0 Å². The van der Waals surface area contributed by atoms with Crippen molar-refractivity contribution >= 4 is 10.0 Å². The van der Waals surface area contributed by atoms with E-state index in [9.17, 15) is 8.42 Å². The maximum absolute atomic E-state index is 12.6. The van der Waals surface area contributed by atoms with Crippen LogP contribution in [0.5, 0.6) is 5.75 Å². The van der Waals surface area contributed by atoms with Gasteiger partial charge in [0.25, 0.3) is 0 Å². The maximum atomic E-state index is 12.6. The molecule has 6 heteroatoms. The molecule has 1 N–H and O–H groups in total. The third kappa shape index (κ3) is 3.31. The molecule has 2 aromatic carbocycles. The Hall–Kier alpha value is -1.89. The van der Waals surface area contributed by atoms with Gasteiger partial charge in [-0.1, -0.05) is 30.3 Å². The van der Waals surface area contributed by atoms with Gasteiger partial charge < -0.3 is 9.47 Å². The van der Waals surface area contributed by atoms with Crippen molar-refractivity contribution in [3.05, 3.63) is 59.7 Å². The molecule has 0 fully saturated rings. The van der Waals surface area contributed by atoms with Crippen LogP contribution in [0.3, 0.4) is 0 Å². The Labute approximate surface area is 142 Å². The number of benzene rings is 2. The van der Waals surface area contributed by atoms with Gasteiger partial charge in [0.15, 0.2) is 0 Å². The van der Waals surface area contributed by atoms with Crippen LogP contribution in [0.25, 0.3) is 0 Å². The average molecular weight is 347 g/mol.